The van der Waals surface area contributed by atoms with Gasteiger partial charge in [-0.1, -0.05) is 45.6 Å². The van der Waals surface area contributed by atoms with Crippen molar-refractivity contribution in [1.82, 2.24) is 9.55 Å². The molecule has 9 heteroatoms. The molecule has 0 bridgehead atoms. The molecule has 1 aromatic carbocycles. The maximum atomic E-state index is 13.9. The van der Waals surface area contributed by atoms with Crippen LogP contribution in [-0.4, -0.2) is 34.4 Å². The predicted octanol–water partition coefficient (Wildman–Crippen LogP) is 5.10. The summed E-state index contributed by atoms with van der Waals surface area (Å²) in [6, 6.07) is 7.69. The number of carbonyl (C=O) groups is 2. The SMILES string of the molecule is CCCCCCCN1C=Nc2cccc3nc4c(c1c23)Cn1c-4cc2c(c1=O)COC(=O)[C@@]2(CC)OC(C)=O. The molecule has 3 aliphatic rings. The van der Waals surface area contributed by atoms with Crippen LogP contribution in [0.3, 0.4) is 0 Å². The number of ether oxygens (including phenoxy) is 2. The third kappa shape index (κ3) is 3.85. The lowest BCUT2D eigenvalue weighted by Gasteiger charge is -2.35. The number of hydrogen-bond donors (Lipinski definition) is 0. The quantitative estimate of drug-likeness (QED) is 0.232. The van der Waals surface area contributed by atoms with E-state index in [1.807, 2.05) is 24.5 Å². The van der Waals surface area contributed by atoms with Crippen LogP contribution in [0, 0.1) is 0 Å². The van der Waals surface area contributed by atoms with E-state index in [9.17, 15) is 14.4 Å². The molecule has 5 heterocycles. The van der Waals surface area contributed by atoms with Gasteiger partial charge in [0.25, 0.3) is 5.56 Å². The van der Waals surface area contributed by atoms with E-state index in [4.69, 9.17) is 19.5 Å². The summed E-state index contributed by atoms with van der Waals surface area (Å²) in [4.78, 5) is 50.8. The van der Waals surface area contributed by atoms with Gasteiger partial charge in [-0.3, -0.25) is 9.59 Å². The third-order valence-electron chi connectivity index (χ3n) is 8.07. The van der Waals surface area contributed by atoms with E-state index in [1.165, 1.54) is 26.2 Å². The molecule has 3 aromatic rings. The first kappa shape index (κ1) is 25.3. The summed E-state index contributed by atoms with van der Waals surface area (Å²) in [6.07, 6.45) is 7.85. The lowest BCUT2D eigenvalue weighted by molar-refractivity contribution is -0.188. The first-order valence-corrected chi connectivity index (χ1v) is 13.8. The first-order valence-electron chi connectivity index (χ1n) is 13.8. The smallest absolute Gasteiger partial charge is 0.355 e. The number of aliphatic imine (C=N–C) groups is 1. The van der Waals surface area contributed by atoms with Crippen molar-refractivity contribution in [1.29, 1.82) is 0 Å². The zero-order valence-corrected chi connectivity index (χ0v) is 22.6. The first-order chi connectivity index (χ1) is 18.9. The average Bonchev–Trinajstić information content (AvgIpc) is 3.30. The molecule has 6 rings (SSSR count). The fourth-order valence-corrected chi connectivity index (χ4v) is 6.16. The molecule has 0 radical (unpaired) electrons. The van der Waals surface area contributed by atoms with Crippen LogP contribution in [-0.2, 0) is 37.8 Å². The van der Waals surface area contributed by atoms with Gasteiger partial charge in [0.05, 0.1) is 52.1 Å². The second-order valence-electron chi connectivity index (χ2n) is 10.5. The Bertz CT molecular complexity index is 1610. The summed E-state index contributed by atoms with van der Waals surface area (Å²) >= 11 is 0. The molecule has 0 unspecified atom stereocenters. The maximum Gasteiger partial charge on any atom is 0.355 e. The largest absolute Gasteiger partial charge is 0.457 e. The minimum atomic E-state index is -1.66. The molecule has 0 fully saturated rings. The highest BCUT2D eigenvalue weighted by Gasteiger charge is 2.50. The highest BCUT2D eigenvalue weighted by Crippen LogP contribution is 2.47. The second-order valence-corrected chi connectivity index (χ2v) is 10.5. The number of esters is 2. The number of fused-ring (bicyclic) bond motifs is 5. The van der Waals surface area contributed by atoms with Gasteiger partial charge < -0.3 is 18.9 Å². The van der Waals surface area contributed by atoms with Crippen molar-refractivity contribution in [3.8, 4) is 11.4 Å². The van der Waals surface area contributed by atoms with Crippen LogP contribution in [0.2, 0.25) is 0 Å². The number of pyridine rings is 2. The Balaban J connectivity index is 1.52. The normalized spacial score (nSPS) is 18.5. The molecule has 2 aromatic heterocycles. The topological polar surface area (TPSA) is 103 Å². The van der Waals surface area contributed by atoms with Crippen LogP contribution in [0.5, 0.6) is 0 Å². The molecule has 0 aliphatic carbocycles. The van der Waals surface area contributed by atoms with Crippen LogP contribution in [0.15, 0.2) is 34.1 Å². The van der Waals surface area contributed by atoms with Gasteiger partial charge in [0.2, 0.25) is 5.60 Å². The van der Waals surface area contributed by atoms with Gasteiger partial charge in [-0.05, 0) is 31.0 Å². The Morgan fingerprint density at radius 3 is 2.72 bits per heavy atom. The Morgan fingerprint density at radius 1 is 1.13 bits per heavy atom. The van der Waals surface area contributed by atoms with E-state index in [-0.39, 0.29) is 18.6 Å². The maximum absolute atomic E-state index is 13.9. The van der Waals surface area contributed by atoms with E-state index in [1.54, 1.807) is 17.6 Å². The lowest BCUT2D eigenvalue weighted by atomic mass is 9.85. The number of unbranched alkanes of at least 4 members (excludes halogenated alkanes) is 4. The van der Waals surface area contributed by atoms with Crippen LogP contribution < -0.4 is 10.5 Å². The minimum Gasteiger partial charge on any atom is -0.457 e. The Kier molecular flexibility index (Phi) is 6.24. The fraction of sp³-hybridized carbons (Fsp3) is 0.433. The van der Waals surface area contributed by atoms with Gasteiger partial charge in [-0.2, -0.15) is 0 Å². The number of nitrogens with zero attached hydrogens (tertiary/aromatic N) is 4. The summed E-state index contributed by atoms with van der Waals surface area (Å²) in [7, 11) is 0. The monoisotopic (exact) mass is 528 g/mol. The zero-order chi connectivity index (χ0) is 27.3. The molecule has 0 N–H and O–H groups in total. The van der Waals surface area contributed by atoms with Gasteiger partial charge in [0.15, 0.2) is 0 Å². The molecule has 0 spiro atoms. The van der Waals surface area contributed by atoms with E-state index < -0.39 is 17.5 Å². The average molecular weight is 529 g/mol. The Hall–Kier alpha value is -4.01. The van der Waals surface area contributed by atoms with Gasteiger partial charge >= 0.3 is 11.9 Å². The van der Waals surface area contributed by atoms with E-state index in [0.717, 1.165) is 47.2 Å². The van der Waals surface area contributed by atoms with Crippen molar-refractivity contribution in [3.63, 3.8) is 0 Å². The summed E-state index contributed by atoms with van der Waals surface area (Å²) in [5, 5.41) is 0.985. The molecular formula is C30H32N4O5. The number of cyclic esters (lactones) is 1. The molecule has 9 nitrogen and oxygen atoms in total. The summed E-state index contributed by atoms with van der Waals surface area (Å²) in [5.74, 6) is -1.27. The van der Waals surface area contributed by atoms with Crippen molar-refractivity contribution in [2.45, 2.75) is 78.0 Å². The molecule has 39 heavy (non-hydrogen) atoms. The van der Waals surface area contributed by atoms with E-state index >= 15 is 0 Å². The van der Waals surface area contributed by atoms with Crippen molar-refractivity contribution in [2.75, 3.05) is 11.4 Å². The number of benzene rings is 1. The number of hydrogen-bond acceptors (Lipinski definition) is 8. The Labute approximate surface area is 226 Å². The van der Waals surface area contributed by atoms with Gasteiger partial charge in [-0.15, -0.1) is 0 Å². The third-order valence-corrected chi connectivity index (χ3v) is 8.07. The van der Waals surface area contributed by atoms with Gasteiger partial charge in [0, 0.05) is 24.6 Å². The van der Waals surface area contributed by atoms with E-state index in [0.29, 0.717) is 29.1 Å². The van der Waals surface area contributed by atoms with Gasteiger partial charge in [-0.25, -0.2) is 14.8 Å². The molecule has 0 amide bonds. The second kappa shape index (κ2) is 9.63. The Morgan fingerprint density at radius 2 is 1.95 bits per heavy atom. The fourth-order valence-electron chi connectivity index (χ4n) is 6.16. The van der Waals surface area contributed by atoms with Crippen LogP contribution in [0.4, 0.5) is 11.4 Å². The van der Waals surface area contributed by atoms with Gasteiger partial charge in [0.1, 0.15) is 6.61 Å². The highest BCUT2D eigenvalue weighted by molar-refractivity contribution is 6.11. The van der Waals surface area contributed by atoms with E-state index in [2.05, 4.69) is 11.8 Å². The molecule has 0 saturated carbocycles. The van der Waals surface area contributed by atoms with Crippen molar-refractivity contribution in [3.05, 3.63) is 51.3 Å². The molecule has 1 atom stereocenters. The zero-order valence-electron chi connectivity index (χ0n) is 22.6. The molecular weight excluding hydrogens is 496 g/mol. The predicted molar refractivity (Wildman–Crippen MR) is 148 cm³/mol. The highest BCUT2D eigenvalue weighted by atomic mass is 16.6. The van der Waals surface area contributed by atoms with Crippen LogP contribution in [0.25, 0.3) is 22.3 Å². The van der Waals surface area contributed by atoms with Crippen molar-refractivity contribution < 1.29 is 19.1 Å². The number of aromatic nitrogens is 2. The van der Waals surface area contributed by atoms with Crippen LogP contribution in [0.1, 0.15) is 76.0 Å². The molecule has 202 valence electrons. The van der Waals surface area contributed by atoms with Crippen LogP contribution >= 0.6 is 0 Å². The summed E-state index contributed by atoms with van der Waals surface area (Å²) in [5.41, 5.74) is 3.77. The summed E-state index contributed by atoms with van der Waals surface area (Å²) in [6.45, 7) is 6.22. The summed E-state index contributed by atoms with van der Waals surface area (Å²) < 4.78 is 12.7. The standard InChI is InChI=1S/C30H32N4O5/c1-4-6-7-8-9-13-33-17-31-22-11-10-12-23-25(22)27(33)19-15-34-24(26(19)32-23)14-21-20(28(34)36)16-38-29(37)30(21,5-2)39-18(3)35/h10-12,14,17H,4-9,13,15-16H2,1-3H3/t30-/m0/s1. The van der Waals surface area contributed by atoms with Crippen molar-refractivity contribution >= 4 is 40.6 Å². The lowest BCUT2D eigenvalue weighted by Crippen LogP contribution is -2.47. The number of anilines is 1. The van der Waals surface area contributed by atoms with Crippen molar-refractivity contribution in [2.24, 2.45) is 4.99 Å². The number of rotatable bonds is 8. The molecule has 0 saturated heterocycles. The molecule has 3 aliphatic heterocycles. The number of carbonyl (C=O) groups excluding carboxylic acids is 2. The minimum absolute atomic E-state index is 0.149.